The summed E-state index contributed by atoms with van der Waals surface area (Å²) >= 11 is 0. The molecule has 0 aliphatic heterocycles. The lowest BCUT2D eigenvalue weighted by Gasteiger charge is -2.02. The second-order valence-corrected chi connectivity index (χ2v) is 1.08. The minimum atomic E-state index is -2.18. The molecule has 1 atom stereocenters. The van der Waals surface area contributed by atoms with Crippen LogP contribution < -0.4 is 0 Å². The van der Waals surface area contributed by atoms with Crippen molar-refractivity contribution in [1.82, 2.24) is 0 Å². The second-order valence-electron chi connectivity index (χ2n) is 1.08. The zero-order chi connectivity index (χ0) is 5.86. The van der Waals surface area contributed by atoms with Crippen LogP contribution in [-0.4, -0.2) is 29.3 Å². The Morgan fingerprint density at radius 3 is 1.86 bits per heavy atom. The van der Waals surface area contributed by atoms with Gasteiger partial charge in [0.1, 0.15) is 6.67 Å². The number of halogens is 2. The molecular weight excluding hydrogens is 106 g/mol. The predicted octanol–water partition coefficient (Wildman–Crippen LogP) is -0.395. The molecule has 0 aliphatic rings. The molecule has 0 radical (unpaired) electrons. The Kier molecular flexibility index (Phi) is 2.78. The minimum Gasteiger partial charge on any atom is -0.366 e. The van der Waals surface area contributed by atoms with E-state index in [1.807, 2.05) is 0 Å². The summed E-state index contributed by atoms with van der Waals surface area (Å²) < 4.78 is 22.3. The van der Waals surface area contributed by atoms with Gasteiger partial charge in [0.05, 0.1) is 0 Å². The molecule has 2 N–H and O–H groups in total. The van der Waals surface area contributed by atoms with Crippen molar-refractivity contribution in [3.63, 3.8) is 0 Å². The van der Waals surface area contributed by atoms with Crippen molar-refractivity contribution in [3.05, 3.63) is 0 Å². The highest BCUT2D eigenvalue weighted by molar-refractivity contribution is 4.52. The maximum atomic E-state index is 11.4. The molecule has 4 heteroatoms. The summed E-state index contributed by atoms with van der Waals surface area (Å²) in [6.07, 6.45) is -4.33. The van der Waals surface area contributed by atoms with Crippen LogP contribution in [0.5, 0.6) is 0 Å². The number of hydrogen-bond acceptors (Lipinski definition) is 2. The molecule has 44 valence electrons. The highest BCUT2D eigenvalue weighted by atomic mass is 19.2. The second kappa shape index (κ2) is 2.87. The molecule has 0 spiro atoms. The van der Waals surface area contributed by atoms with E-state index in [1.165, 1.54) is 0 Å². The first kappa shape index (κ1) is 6.78. The third-order valence-corrected chi connectivity index (χ3v) is 0.471. The van der Waals surface area contributed by atoms with Crippen molar-refractivity contribution < 1.29 is 19.0 Å². The molecule has 0 aliphatic carbocycles. The zero-order valence-corrected chi connectivity index (χ0v) is 3.51. The van der Waals surface area contributed by atoms with Gasteiger partial charge in [0, 0.05) is 0 Å². The van der Waals surface area contributed by atoms with E-state index in [0.29, 0.717) is 0 Å². The average molecular weight is 112 g/mol. The van der Waals surface area contributed by atoms with Crippen molar-refractivity contribution in [2.75, 3.05) is 6.67 Å². The molecule has 0 aromatic heterocycles. The Hall–Kier alpha value is -0.220. The van der Waals surface area contributed by atoms with Gasteiger partial charge in [-0.1, -0.05) is 0 Å². The van der Waals surface area contributed by atoms with E-state index >= 15 is 0 Å². The summed E-state index contributed by atoms with van der Waals surface area (Å²) in [5.41, 5.74) is 0. The van der Waals surface area contributed by atoms with Crippen molar-refractivity contribution in [2.24, 2.45) is 0 Å². The van der Waals surface area contributed by atoms with E-state index in [2.05, 4.69) is 0 Å². The van der Waals surface area contributed by atoms with Crippen LogP contribution in [0.4, 0.5) is 8.78 Å². The quantitative estimate of drug-likeness (QED) is 0.477. The first-order chi connectivity index (χ1) is 3.18. The van der Waals surface area contributed by atoms with Crippen LogP contribution in [0.15, 0.2) is 0 Å². The molecule has 7 heavy (non-hydrogen) atoms. The zero-order valence-electron chi connectivity index (χ0n) is 3.51. The van der Waals surface area contributed by atoms with Crippen molar-refractivity contribution in [3.8, 4) is 0 Å². The van der Waals surface area contributed by atoms with Gasteiger partial charge in [-0.2, -0.15) is 0 Å². The first-order valence-electron chi connectivity index (χ1n) is 1.74. The highest BCUT2D eigenvalue weighted by Gasteiger charge is 2.12. The van der Waals surface area contributed by atoms with Gasteiger partial charge in [-0.3, -0.25) is 0 Å². The lowest BCUT2D eigenvalue weighted by Crippen LogP contribution is -2.22. The summed E-state index contributed by atoms with van der Waals surface area (Å²) in [6.45, 7) is -1.35. The standard InChI is InChI=1S/C3H6F2O2/c4-1-2(5)3(6)7/h2-3,6-7H,1H2. The highest BCUT2D eigenvalue weighted by Crippen LogP contribution is 1.94. The molecule has 0 aromatic carbocycles. The molecular formula is C3H6F2O2. The lowest BCUT2D eigenvalue weighted by molar-refractivity contribution is -0.0982. The van der Waals surface area contributed by atoms with Gasteiger partial charge in [-0.05, 0) is 0 Å². The molecule has 0 saturated carbocycles. The van der Waals surface area contributed by atoms with E-state index in [9.17, 15) is 8.78 Å². The Morgan fingerprint density at radius 2 is 1.86 bits per heavy atom. The lowest BCUT2D eigenvalue weighted by atomic mass is 10.4. The molecule has 0 saturated heterocycles. The van der Waals surface area contributed by atoms with Crippen LogP contribution in [0.3, 0.4) is 0 Å². The molecule has 0 fully saturated rings. The van der Waals surface area contributed by atoms with Gasteiger partial charge in [0.15, 0.2) is 12.5 Å². The van der Waals surface area contributed by atoms with Crippen LogP contribution in [-0.2, 0) is 0 Å². The monoisotopic (exact) mass is 112 g/mol. The SMILES string of the molecule is OC(O)C(F)CF. The number of rotatable bonds is 2. The van der Waals surface area contributed by atoms with Crippen LogP contribution >= 0.6 is 0 Å². The molecule has 0 amide bonds. The van der Waals surface area contributed by atoms with Gasteiger partial charge in [0.2, 0.25) is 0 Å². The van der Waals surface area contributed by atoms with E-state index in [4.69, 9.17) is 10.2 Å². The molecule has 0 heterocycles. The number of alkyl halides is 2. The van der Waals surface area contributed by atoms with Gasteiger partial charge in [0.25, 0.3) is 0 Å². The van der Waals surface area contributed by atoms with Crippen molar-refractivity contribution in [1.29, 1.82) is 0 Å². The fourth-order valence-electron chi connectivity index (χ4n) is 0.0797. The predicted molar refractivity (Wildman–Crippen MR) is 19.1 cm³/mol. The number of hydrogen-bond donors (Lipinski definition) is 2. The maximum absolute atomic E-state index is 11.4. The summed E-state index contributed by atoms with van der Waals surface area (Å²) in [5, 5.41) is 15.5. The molecule has 0 aromatic rings. The van der Waals surface area contributed by atoms with Gasteiger partial charge >= 0.3 is 0 Å². The minimum absolute atomic E-state index is 1.35. The Balaban J connectivity index is 3.14. The number of aliphatic hydroxyl groups excluding tert-OH is 1. The van der Waals surface area contributed by atoms with Gasteiger partial charge in [-0.15, -0.1) is 0 Å². The normalized spacial score (nSPS) is 15.0. The molecule has 1 unspecified atom stereocenters. The molecule has 2 nitrogen and oxygen atoms in total. The Labute approximate surface area is 39.4 Å². The summed E-state index contributed by atoms with van der Waals surface area (Å²) in [4.78, 5) is 0. The van der Waals surface area contributed by atoms with E-state index < -0.39 is 19.1 Å². The largest absolute Gasteiger partial charge is 0.366 e. The van der Waals surface area contributed by atoms with Crippen LogP contribution in [0, 0.1) is 0 Å². The summed E-state index contributed by atoms with van der Waals surface area (Å²) in [5.74, 6) is 0. The Bertz CT molecular complexity index is 48.2. The average Bonchev–Trinajstić information content (AvgIpc) is 1.65. The smallest absolute Gasteiger partial charge is 0.186 e. The summed E-state index contributed by atoms with van der Waals surface area (Å²) in [7, 11) is 0. The first-order valence-corrected chi connectivity index (χ1v) is 1.74. The van der Waals surface area contributed by atoms with Gasteiger partial charge < -0.3 is 10.2 Å². The van der Waals surface area contributed by atoms with E-state index in [1.54, 1.807) is 0 Å². The molecule has 0 bridgehead atoms. The Morgan fingerprint density at radius 1 is 1.43 bits per heavy atom. The fourth-order valence-corrected chi connectivity index (χ4v) is 0.0797. The van der Waals surface area contributed by atoms with Crippen LogP contribution in [0.25, 0.3) is 0 Å². The third-order valence-electron chi connectivity index (χ3n) is 0.471. The maximum Gasteiger partial charge on any atom is 0.186 e. The third kappa shape index (κ3) is 2.47. The van der Waals surface area contributed by atoms with E-state index in [0.717, 1.165) is 0 Å². The van der Waals surface area contributed by atoms with Crippen molar-refractivity contribution >= 4 is 0 Å². The van der Waals surface area contributed by atoms with Gasteiger partial charge in [-0.25, -0.2) is 8.78 Å². The fraction of sp³-hybridized carbons (Fsp3) is 1.00. The molecule has 0 rings (SSSR count). The number of aliphatic hydroxyl groups is 2. The topological polar surface area (TPSA) is 40.5 Å². The van der Waals surface area contributed by atoms with Crippen molar-refractivity contribution in [2.45, 2.75) is 12.5 Å². The van der Waals surface area contributed by atoms with E-state index in [-0.39, 0.29) is 0 Å². The van der Waals surface area contributed by atoms with Crippen LogP contribution in [0.2, 0.25) is 0 Å². The summed E-state index contributed by atoms with van der Waals surface area (Å²) in [6, 6.07) is 0. The van der Waals surface area contributed by atoms with Crippen LogP contribution in [0.1, 0.15) is 0 Å².